The molecule has 0 saturated carbocycles. The molecule has 0 rings (SSSR count). The summed E-state index contributed by atoms with van der Waals surface area (Å²) in [6, 6.07) is 0. The van der Waals surface area contributed by atoms with Crippen molar-refractivity contribution in [1.29, 1.82) is 0 Å². The zero-order chi connectivity index (χ0) is 13.9. The van der Waals surface area contributed by atoms with Gasteiger partial charge in [0.15, 0.2) is 0 Å². The van der Waals surface area contributed by atoms with Crippen LogP contribution in [0.5, 0.6) is 0 Å². The van der Waals surface area contributed by atoms with Crippen molar-refractivity contribution in [3.63, 3.8) is 0 Å². The minimum absolute atomic E-state index is 0.902. The molecule has 2 N–H and O–H groups in total. The second-order valence-electron chi connectivity index (χ2n) is 3.13. The van der Waals surface area contributed by atoms with Crippen LogP contribution in [-0.2, 0) is 4.74 Å². The van der Waals surface area contributed by atoms with E-state index in [1.165, 1.54) is 0 Å². The number of aliphatic hydroxyl groups excluding tert-OH is 2. The van der Waals surface area contributed by atoms with Crippen molar-refractivity contribution in [3.05, 3.63) is 0 Å². The molecule has 1 atom stereocenters. The molecule has 3 nitrogen and oxygen atoms in total. The van der Waals surface area contributed by atoms with E-state index in [-0.39, 0.29) is 0 Å². The van der Waals surface area contributed by atoms with E-state index in [1.807, 2.05) is 0 Å². The van der Waals surface area contributed by atoms with Gasteiger partial charge < -0.3 is 14.9 Å². The predicted octanol–water partition coefficient (Wildman–Crippen LogP) is 1.19. The first-order valence-corrected chi connectivity index (χ1v) is 4.14. The number of rotatable bonds is 6. The van der Waals surface area contributed by atoms with Crippen molar-refractivity contribution in [2.75, 3.05) is 19.8 Å². The SMILES string of the molecule is OC[C@@H](O)COCC(F)(F)C(F)(F)C(F)(F)F. The normalized spacial score (nSPS) is 16.1. The second-order valence-corrected chi connectivity index (χ2v) is 3.13. The molecule has 0 unspecified atom stereocenters. The lowest BCUT2D eigenvalue weighted by Crippen LogP contribution is -2.54. The average Bonchev–Trinajstić information content (AvgIpc) is 2.15. The molecule has 0 bridgehead atoms. The zero-order valence-corrected chi connectivity index (χ0v) is 8.15. The Labute approximate surface area is 90.8 Å². The Morgan fingerprint density at radius 2 is 1.47 bits per heavy atom. The van der Waals surface area contributed by atoms with Gasteiger partial charge in [-0.05, 0) is 0 Å². The van der Waals surface area contributed by atoms with Crippen LogP contribution in [-0.4, -0.2) is 54.2 Å². The number of halogens is 7. The van der Waals surface area contributed by atoms with Crippen LogP contribution in [0.3, 0.4) is 0 Å². The minimum Gasteiger partial charge on any atom is -0.394 e. The lowest BCUT2D eigenvalue weighted by molar-refractivity contribution is -0.361. The molecule has 0 aliphatic carbocycles. The quantitative estimate of drug-likeness (QED) is 0.715. The number of ether oxygens (including phenoxy) is 1. The van der Waals surface area contributed by atoms with Crippen LogP contribution in [0.2, 0.25) is 0 Å². The van der Waals surface area contributed by atoms with Crippen molar-refractivity contribution in [2.45, 2.75) is 24.1 Å². The lowest BCUT2D eigenvalue weighted by atomic mass is 10.2. The molecular formula is C7H9F7O3. The van der Waals surface area contributed by atoms with Crippen LogP contribution in [0, 0.1) is 0 Å². The molecule has 10 heteroatoms. The van der Waals surface area contributed by atoms with E-state index in [2.05, 4.69) is 4.74 Å². The maximum Gasteiger partial charge on any atom is 0.459 e. The van der Waals surface area contributed by atoms with E-state index in [0.717, 1.165) is 0 Å². The topological polar surface area (TPSA) is 49.7 Å². The summed E-state index contributed by atoms with van der Waals surface area (Å²) in [5, 5.41) is 16.8. The molecular weight excluding hydrogens is 265 g/mol. The van der Waals surface area contributed by atoms with Crippen LogP contribution < -0.4 is 0 Å². The van der Waals surface area contributed by atoms with Gasteiger partial charge in [-0.25, -0.2) is 0 Å². The van der Waals surface area contributed by atoms with Gasteiger partial charge >= 0.3 is 18.0 Å². The first-order chi connectivity index (χ1) is 7.45. The smallest absolute Gasteiger partial charge is 0.394 e. The molecule has 0 radical (unpaired) electrons. The van der Waals surface area contributed by atoms with Gasteiger partial charge in [0.05, 0.1) is 13.2 Å². The molecule has 104 valence electrons. The van der Waals surface area contributed by atoms with Crippen molar-refractivity contribution >= 4 is 0 Å². The average molecular weight is 274 g/mol. The second kappa shape index (κ2) is 5.36. The zero-order valence-electron chi connectivity index (χ0n) is 8.15. The van der Waals surface area contributed by atoms with Gasteiger partial charge in [-0.1, -0.05) is 0 Å². The van der Waals surface area contributed by atoms with E-state index in [1.54, 1.807) is 0 Å². The van der Waals surface area contributed by atoms with Crippen molar-refractivity contribution < 1.29 is 45.7 Å². The summed E-state index contributed by atoms with van der Waals surface area (Å²) < 4.78 is 88.1. The Morgan fingerprint density at radius 1 is 1.00 bits per heavy atom. The van der Waals surface area contributed by atoms with Gasteiger partial charge in [0, 0.05) is 0 Å². The van der Waals surface area contributed by atoms with Crippen LogP contribution >= 0.6 is 0 Å². The van der Waals surface area contributed by atoms with E-state index >= 15 is 0 Å². The summed E-state index contributed by atoms with van der Waals surface area (Å²) in [6.07, 6.45) is -8.04. The van der Waals surface area contributed by atoms with Crippen LogP contribution in [0.15, 0.2) is 0 Å². The highest BCUT2D eigenvalue weighted by Crippen LogP contribution is 2.46. The fourth-order valence-electron chi connectivity index (χ4n) is 0.674. The number of aliphatic hydroxyl groups is 2. The summed E-state index contributed by atoms with van der Waals surface area (Å²) in [5.74, 6) is -11.7. The van der Waals surface area contributed by atoms with E-state index in [4.69, 9.17) is 10.2 Å². The van der Waals surface area contributed by atoms with E-state index < -0.39 is 43.9 Å². The molecule has 0 aromatic carbocycles. The monoisotopic (exact) mass is 274 g/mol. The molecule has 0 fully saturated rings. The third-order valence-corrected chi connectivity index (χ3v) is 1.62. The summed E-state index contributed by atoms with van der Waals surface area (Å²) in [4.78, 5) is 0. The fourth-order valence-corrected chi connectivity index (χ4v) is 0.674. The molecule has 0 aliphatic heterocycles. The Hall–Kier alpha value is -0.610. The predicted molar refractivity (Wildman–Crippen MR) is 39.9 cm³/mol. The molecule has 0 amide bonds. The Morgan fingerprint density at radius 3 is 1.82 bits per heavy atom. The Bertz CT molecular complexity index is 240. The molecule has 0 aromatic heterocycles. The van der Waals surface area contributed by atoms with Crippen molar-refractivity contribution in [1.82, 2.24) is 0 Å². The van der Waals surface area contributed by atoms with Crippen LogP contribution in [0.1, 0.15) is 0 Å². The molecule has 17 heavy (non-hydrogen) atoms. The minimum atomic E-state index is -6.41. The van der Waals surface area contributed by atoms with Gasteiger partial charge in [0.25, 0.3) is 0 Å². The highest BCUT2D eigenvalue weighted by atomic mass is 19.4. The molecule has 0 heterocycles. The Kier molecular flexibility index (Phi) is 5.16. The van der Waals surface area contributed by atoms with Crippen LogP contribution in [0.25, 0.3) is 0 Å². The maximum atomic E-state index is 12.5. The summed E-state index contributed by atoms with van der Waals surface area (Å²) >= 11 is 0. The number of alkyl halides is 7. The highest BCUT2D eigenvalue weighted by Gasteiger charge is 2.72. The maximum absolute atomic E-state index is 12.5. The third-order valence-electron chi connectivity index (χ3n) is 1.62. The molecule has 0 spiro atoms. The van der Waals surface area contributed by atoms with Crippen molar-refractivity contribution in [3.8, 4) is 0 Å². The number of hydrogen-bond acceptors (Lipinski definition) is 3. The van der Waals surface area contributed by atoms with Gasteiger partial charge in [-0.2, -0.15) is 30.7 Å². The first kappa shape index (κ1) is 16.4. The van der Waals surface area contributed by atoms with Gasteiger partial charge in [-0.15, -0.1) is 0 Å². The summed E-state index contributed by atoms with van der Waals surface area (Å²) in [7, 11) is 0. The molecule has 0 aromatic rings. The van der Waals surface area contributed by atoms with Crippen LogP contribution in [0.4, 0.5) is 30.7 Å². The van der Waals surface area contributed by atoms with Gasteiger partial charge in [-0.3, -0.25) is 0 Å². The summed E-state index contributed by atoms with van der Waals surface area (Å²) in [5.41, 5.74) is 0. The van der Waals surface area contributed by atoms with Gasteiger partial charge in [0.2, 0.25) is 0 Å². The first-order valence-electron chi connectivity index (χ1n) is 4.14. The van der Waals surface area contributed by atoms with E-state index in [9.17, 15) is 30.7 Å². The lowest BCUT2D eigenvalue weighted by Gasteiger charge is -2.28. The summed E-state index contributed by atoms with van der Waals surface area (Å²) in [6.45, 7) is -4.11. The fraction of sp³-hybridized carbons (Fsp3) is 1.00. The molecule has 0 aliphatic rings. The highest BCUT2D eigenvalue weighted by molar-refractivity contribution is 4.90. The molecule has 0 saturated heterocycles. The van der Waals surface area contributed by atoms with E-state index in [0.29, 0.717) is 0 Å². The Balaban J connectivity index is 4.47. The third kappa shape index (κ3) is 3.96. The largest absolute Gasteiger partial charge is 0.459 e. The van der Waals surface area contributed by atoms with Crippen molar-refractivity contribution in [2.24, 2.45) is 0 Å². The van der Waals surface area contributed by atoms with Gasteiger partial charge in [0.1, 0.15) is 12.7 Å². The number of hydrogen-bond donors (Lipinski definition) is 2. The standard InChI is InChI=1S/C7H9F7O3/c8-5(9,3-17-2-4(16)1-15)6(10,11)7(12,13)14/h4,15-16H,1-3H2/t4-/m1/s1.